The second-order valence-corrected chi connectivity index (χ2v) is 3.86. The number of hydrogen-bond acceptors (Lipinski definition) is 3. The van der Waals surface area contributed by atoms with Crippen LogP contribution in [0, 0.1) is 0 Å². The van der Waals surface area contributed by atoms with Gasteiger partial charge in [-0.15, -0.1) is 0 Å². The largest absolute Gasteiger partial charge is 0.496 e. The third-order valence-electron chi connectivity index (χ3n) is 2.54. The van der Waals surface area contributed by atoms with Gasteiger partial charge in [0.2, 0.25) is 5.91 Å². The molecule has 0 bridgehead atoms. The van der Waals surface area contributed by atoms with E-state index < -0.39 is 0 Å². The fourth-order valence-corrected chi connectivity index (χ4v) is 1.66. The molecule has 0 radical (unpaired) electrons. The van der Waals surface area contributed by atoms with Crippen molar-refractivity contribution in [1.29, 1.82) is 0 Å². The Morgan fingerprint density at radius 3 is 2.82 bits per heavy atom. The van der Waals surface area contributed by atoms with Gasteiger partial charge in [0.1, 0.15) is 5.75 Å². The summed E-state index contributed by atoms with van der Waals surface area (Å²) in [6.07, 6.45) is 0.834. The number of hydrogen-bond donors (Lipinski definition) is 2. The molecule has 0 aliphatic rings. The lowest BCUT2D eigenvalue weighted by molar-refractivity contribution is -0.122. The van der Waals surface area contributed by atoms with Crippen LogP contribution in [0.1, 0.15) is 31.4 Å². The Labute approximate surface area is 102 Å². The summed E-state index contributed by atoms with van der Waals surface area (Å²) in [5, 5.41) is 11.5. The van der Waals surface area contributed by atoms with Gasteiger partial charge in [0.25, 0.3) is 0 Å². The molecule has 0 saturated heterocycles. The van der Waals surface area contributed by atoms with Gasteiger partial charge in [0.15, 0.2) is 0 Å². The minimum Gasteiger partial charge on any atom is -0.496 e. The minimum atomic E-state index is -0.0997. The topological polar surface area (TPSA) is 58.6 Å². The number of para-hydroxylation sites is 1. The molecule has 0 unspecified atom stereocenters. The van der Waals surface area contributed by atoms with Crippen molar-refractivity contribution >= 4 is 5.91 Å². The van der Waals surface area contributed by atoms with Gasteiger partial charge in [-0.3, -0.25) is 4.79 Å². The van der Waals surface area contributed by atoms with E-state index in [4.69, 9.17) is 9.84 Å². The fourth-order valence-electron chi connectivity index (χ4n) is 1.66. The molecule has 1 aromatic rings. The molecule has 0 heterocycles. The molecule has 0 aliphatic carbocycles. The van der Waals surface area contributed by atoms with Crippen LogP contribution >= 0.6 is 0 Å². The van der Waals surface area contributed by atoms with Gasteiger partial charge >= 0.3 is 0 Å². The summed E-state index contributed by atoms with van der Waals surface area (Å²) in [5.41, 5.74) is 0.951. The zero-order chi connectivity index (χ0) is 12.7. The van der Waals surface area contributed by atoms with Crippen LogP contribution in [0.2, 0.25) is 0 Å². The highest BCUT2D eigenvalue weighted by Gasteiger charge is 2.12. The molecule has 94 valence electrons. The molecule has 4 nitrogen and oxygen atoms in total. The normalized spacial score (nSPS) is 11.9. The van der Waals surface area contributed by atoms with Crippen molar-refractivity contribution in [2.24, 2.45) is 0 Å². The number of carbonyl (C=O) groups is 1. The predicted molar refractivity (Wildman–Crippen MR) is 65.9 cm³/mol. The van der Waals surface area contributed by atoms with Crippen LogP contribution < -0.4 is 10.1 Å². The Morgan fingerprint density at radius 1 is 1.47 bits per heavy atom. The number of aliphatic hydroxyl groups excluding tert-OH is 1. The molecule has 1 aromatic carbocycles. The second-order valence-electron chi connectivity index (χ2n) is 3.86. The first kappa shape index (κ1) is 13.5. The Hall–Kier alpha value is -1.55. The summed E-state index contributed by atoms with van der Waals surface area (Å²) in [6.45, 7) is 1.95. The number of methoxy groups -OCH3 is 1. The van der Waals surface area contributed by atoms with Crippen molar-refractivity contribution in [3.05, 3.63) is 29.8 Å². The summed E-state index contributed by atoms with van der Waals surface area (Å²) >= 11 is 0. The molecule has 0 spiro atoms. The zero-order valence-corrected chi connectivity index (χ0v) is 10.3. The lowest BCUT2D eigenvalue weighted by Gasteiger charge is -2.17. The highest BCUT2D eigenvalue weighted by atomic mass is 16.5. The number of nitrogens with one attached hydrogen (secondary N) is 1. The third kappa shape index (κ3) is 4.07. The number of aliphatic hydroxyl groups is 1. The van der Waals surface area contributed by atoms with E-state index in [2.05, 4.69) is 5.32 Å². The second kappa shape index (κ2) is 6.91. The van der Waals surface area contributed by atoms with E-state index in [1.54, 1.807) is 7.11 Å². The molecular weight excluding hydrogens is 218 g/mol. The zero-order valence-electron chi connectivity index (χ0n) is 10.3. The molecule has 1 amide bonds. The molecule has 1 atom stereocenters. The Bertz CT molecular complexity index is 365. The molecule has 0 fully saturated rings. The maximum atomic E-state index is 11.5. The van der Waals surface area contributed by atoms with Crippen LogP contribution in [0.5, 0.6) is 5.75 Å². The highest BCUT2D eigenvalue weighted by molar-refractivity contribution is 5.76. The summed E-state index contributed by atoms with van der Waals surface area (Å²) in [5.74, 6) is 0.708. The van der Waals surface area contributed by atoms with Crippen molar-refractivity contribution in [2.75, 3.05) is 13.7 Å². The first-order valence-electron chi connectivity index (χ1n) is 5.72. The van der Waals surface area contributed by atoms with Crippen LogP contribution in [0.15, 0.2) is 24.3 Å². The monoisotopic (exact) mass is 237 g/mol. The van der Waals surface area contributed by atoms with Gasteiger partial charge in [0, 0.05) is 18.6 Å². The standard InChI is InChI=1S/C13H19NO3/c1-10(14-13(16)8-5-9-15)11-6-3-4-7-12(11)17-2/h3-4,6-7,10,15H,5,8-9H2,1-2H3,(H,14,16)/t10-/m0/s1. The van der Waals surface area contributed by atoms with Crippen LogP contribution in [-0.4, -0.2) is 24.7 Å². The van der Waals surface area contributed by atoms with E-state index in [-0.39, 0.29) is 18.6 Å². The van der Waals surface area contributed by atoms with Gasteiger partial charge < -0.3 is 15.2 Å². The van der Waals surface area contributed by atoms with Gasteiger partial charge in [-0.1, -0.05) is 18.2 Å². The van der Waals surface area contributed by atoms with Crippen molar-refractivity contribution in [3.63, 3.8) is 0 Å². The van der Waals surface area contributed by atoms with E-state index in [1.165, 1.54) is 0 Å². The smallest absolute Gasteiger partial charge is 0.220 e. The average molecular weight is 237 g/mol. The minimum absolute atomic E-state index is 0.0382. The van der Waals surface area contributed by atoms with Crippen LogP contribution in [0.4, 0.5) is 0 Å². The number of ether oxygens (including phenoxy) is 1. The number of carbonyl (C=O) groups excluding carboxylic acids is 1. The van der Waals surface area contributed by atoms with Crippen molar-refractivity contribution < 1.29 is 14.6 Å². The molecule has 1 rings (SSSR count). The Kier molecular flexibility index (Phi) is 5.49. The molecule has 0 aromatic heterocycles. The fraction of sp³-hybridized carbons (Fsp3) is 0.462. The van der Waals surface area contributed by atoms with E-state index >= 15 is 0 Å². The van der Waals surface area contributed by atoms with Crippen LogP contribution in [0.3, 0.4) is 0 Å². The van der Waals surface area contributed by atoms with Gasteiger partial charge in [0.05, 0.1) is 13.2 Å². The Morgan fingerprint density at radius 2 is 2.18 bits per heavy atom. The van der Waals surface area contributed by atoms with Gasteiger partial charge in [-0.05, 0) is 19.4 Å². The molecule has 17 heavy (non-hydrogen) atoms. The first-order valence-corrected chi connectivity index (χ1v) is 5.72. The lowest BCUT2D eigenvalue weighted by Crippen LogP contribution is -2.26. The molecule has 2 N–H and O–H groups in total. The predicted octanol–water partition coefficient (Wildman–Crippen LogP) is 1.64. The van der Waals surface area contributed by atoms with E-state index in [0.29, 0.717) is 12.8 Å². The van der Waals surface area contributed by atoms with E-state index in [0.717, 1.165) is 11.3 Å². The van der Waals surface area contributed by atoms with Crippen LogP contribution in [0.25, 0.3) is 0 Å². The van der Waals surface area contributed by atoms with Crippen LogP contribution in [-0.2, 0) is 4.79 Å². The highest BCUT2D eigenvalue weighted by Crippen LogP contribution is 2.24. The van der Waals surface area contributed by atoms with E-state index in [9.17, 15) is 4.79 Å². The molecule has 0 saturated carbocycles. The summed E-state index contributed by atoms with van der Waals surface area (Å²) in [7, 11) is 1.61. The number of rotatable bonds is 6. The molecular formula is C13H19NO3. The molecule has 4 heteroatoms. The first-order chi connectivity index (χ1) is 8.19. The SMILES string of the molecule is COc1ccccc1[C@H](C)NC(=O)CCCO. The quantitative estimate of drug-likeness (QED) is 0.791. The lowest BCUT2D eigenvalue weighted by atomic mass is 10.1. The van der Waals surface area contributed by atoms with Crippen molar-refractivity contribution in [3.8, 4) is 5.75 Å². The average Bonchev–Trinajstić information content (AvgIpc) is 2.36. The third-order valence-corrected chi connectivity index (χ3v) is 2.54. The summed E-state index contributed by atoms with van der Waals surface area (Å²) in [6, 6.07) is 7.50. The van der Waals surface area contributed by atoms with Gasteiger partial charge in [-0.25, -0.2) is 0 Å². The van der Waals surface area contributed by atoms with Crippen molar-refractivity contribution in [2.45, 2.75) is 25.8 Å². The van der Waals surface area contributed by atoms with E-state index in [1.807, 2.05) is 31.2 Å². The summed E-state index contributed by atoms with van der Waals surface area (Å²) in [4.78, 5) is 11.5. The summed E-state index contributed by atoms with van der Waals surface area (Å²) < 4.78 is 5.24. The molecule has 0 aliphatic heterocycles. The number of benzene rings is 1. The number of amides is 1. The Balaban J connectivity index is 2.62. The maximum absolute atomic E-state index is 11.5. The van der Waals surface area contributed by atoms with Crippen molar-refractivity contribution in [1.82, 2.24) is 5.32 Å². The maximum Gasteiger partial charge on any atom is 0.220 e. The van der Waals surface area contributed by atoms with Gasteiger partial charge in [-0.2, -0.15) is 0 Å².